The van der Waals surface area contributed by atoms with E-state index in [9.17, 15) is 9.59 Å². The average Bonchev–Trinajstić information content (AvgIpc) is 2.65. The zero-order chi connectivity index (χ0) is 18.6. The molecule has 6 heteroatoms. The van der Waals surface area contributed by atoms with Crippen LogP contribution in [0.3, 0.4) is 0 Å². The summed E-state index contributed by atoms with van der Waals surface area (Å²) in [4.78, 5) is 26.8. The van der Waals surface area contributed by atoms with Gasteiger partial charge in [-0.05, 0) is 44.3 Å². The van der Waals surface area contributed by atoms with Crippen molar-refractivity contribution in [2.75, 3.05) is 19.6 Å². The van der Waals surface area contributed by atoms with E-state index >= 15 is 0 Å². The molecule has 0 aromatic heterocycles. The van der Waals surface area contributed by atoms with E-state index in [4.69, 9.17) is 11.5 Å². The molecule has 3 rings (SSSR count). The SMILES string of the molecule is NC(=O)CN1CCCCC1C(C(N)=O)(c1ccccc1)C1CCCCN1. The standard InChI is InChI=1S/C20H30N4O2/c21-18(25)14-24-13-7-5-11-17(24)20(19(22)26,15-8-2-1-3-9-15)16-10-4-6-12-23-16/h1-3,8-9,16-17,23H,4-7,10-14H2,(H2,21,25)(H2,22,26). The molecular weight excluding hydrogens is 328 g/mol. The van der Waals surface area contributed by atoms with Gasteiger partial charge >= 0.3 is 0 Å². The Morgan fingerprint density at radius 3 is 2.42 bits per heavy atom. The Morgan fingerprint density at radius 1 is 1.08 bits per heavy atom. The number of primary amides is 2. The molecule has 2 aliphatic rings. The summed E-state index contributed by atoms with van der Waals surface area (Å²) in [6.45, 7) is 1.82. The van der Waals surface area contributed by atoms with Gasteiger partial charge in [-0.2, -0.15) is 0 Å². The largest absolute Gasteiger partial charge is 0.369 e. The molecule has 6 nitrogen and oxygen atoms in total. The summed E-state index contributed by atoms with van der Waals surface area (Å²) in [5.74, 6) is -0.676. The maximum atomic E-state index is 13.1. The third-order valence-corrected chi connectivity index (χ3v) is 6.02. The predicted octanol–water partition coefficient (Wildman–Crippen LogP) is 0.892. The molecule has 2 fully saturated rings. The third kappa shape index (κ3) is 3.48. The Hall–Kier alpha value is -1.92. The molecule has 142 valence electrons. The van der Waals surface area contributed by atoms with Crippen molar-refractivity contribution in [1.29, 1.82) is 0 Å². The third-order valence-electron chi connectivity index (χ3n) is 6.02. The molecule has 0 aliphatic carbocycles. The van der Waals surface area contributed by atoms with Crippen molar-refractivity contribution in [3.8, 4) is 0 Å². The molecular formula is C20H30N4O2. The van der Waals surface area contributed by atoms with Crippen molar-refractivity contribution in [2.45, 2.75) is 56.0 Å². The minimum absolute atomic E-state index is 0.0328. The summed E-state index contributed by atoms with van der Waals surface area (Å²) in [6.07, 6.45) is 5.94. The van der Waals surface area contributed by atoms with E-state index in [1.54, 1.807) is 0 Å². The zero-order valence-electron chi connectivity index (χ0n) is 15.3. The molecule has 0 spiro atoms. The van der Waals surface area contributed by atoms with Gasteiger partial charge in [0.15, 0.2) is 0 Å². The second-order valence-electron chi connectivity index (χ2n) is 7.55. The number of hydrogen-bond donors (Lipinski definition) is 3. The molecule has 0 radical (unpaired) electrons. The number of benzene rings is 1. The van der Waals surface area contributed by atoms with E-state index in [1.165, 1.54) is 0 Å². The van der Waals surface area contributed by atoms with E-state index < -0.39 is 5.41 Å². The first-order chi connectivity index (χ1) is 12.6. The molecule has 3 atom stereocenters. The Morgan fingerprint density at radius 2 is 1.81 bits per heavy atom. The lowest BCUT2D eigenvalue weighted by Gasteiger charge is -2.51. The number of likely N-dealkylation sites (tertiary alicyclic amines) is 1. The highest BCUT2D eigenvalue weighted by Crippen LogP contribution is 2.41. The van der Waals surface area contributed by atoms with Crippen molar-refractivity contribution in [3.05, 3.63) is 35.9 Å². The van der Waals surface area contributed by atoms with Gasteiger partial charge in [0, 0.05) is 12.1 Å². The summed E-state index contributed by atoms with van der Waals surface area (Å²) in [6, 6.07) is 9.70. The predicted molar refractivity (Wildman–Crippen MR) is 101 cm³/mol. The number of amides is 2. The molecule has 0 saturated carbocycles. The minimum atomic E-state index is -0.864. The normalized spacial score (nSPS) is 26.8. The second kappa shape index (κ2) is 8.18. The highest BCUT2D eigenvalue weighted by atomic mass is 16.2. The van der Waals surface area contributed by atoms with Crippen LogP contribution in [0.5, 0.6) is 0 Å². The molecule has 2 saturated heterocycles. The molecule has 1 aromatic carbocycles. The van der Waals surface area contributed by atoms with Gasteiger partial charge in [-0.3, -0.25) is 14.5 Å². The smallest absolute Gasteiger partial charge is 0.231 e. The second-order valence-corrected chi connectivity index (χ2v) is 7.55. The first kappa shape index (κ1) is 18.9. The minimum Gasteiger partial charge on any atom is -0.369 e. The Kier molecular flexibility index (Phi) is 5.94. The molecule has 2 amide bonds. The van der Waals surface area contributed by atoms with Crippen LogP contribution in [0.1, 0.15) is 44.1 Å². The van der Waals surface area contributed by atoms with E-state index in [1.807, 2.05) is 30.3 Å². The molecule has 1 aromatic rings. The fraction of sp³-hybridized carbons (Fsp3) is 0.600. The fourth-order valence-corrected chi connectivity index (χ4v) is 4.95. The zero-order valence-corrected chi connectivity index (χ0v) is 15.3. The van der Waals surface area contributed by atoms with Crippen LogP contribution in [0.4, 0.5) is 0 Å². The summed E-state index contributed by atoms with van der Waals surface area (Å²) in [5.41, 5.74) is 11.7. The van der Waals surface area contributed by atoms with Gasteiger partial charge < -0.3 is 16.8 Å². The van der Waals surface area contributed by atoms with Crippen LogP contribution >= 0.6 is 0 Å². The molecule has 0 bridgehead atoms. The maximum Gasteiger partial charge on any atom is 0.231 e. The fourth-order valence-electron chi connectivity index (χ4n) is 4.95. The number of hydrogen-bond acceptors (Lipinski definition) is 4. The van der Waals surface area contributed by atoms with E-state index in [0.717, 1.165) is 57.2 Å². The number of rotatable bonds is 6. The molecule has 3 unspecified atom stereocenters. The number of nitrogens with one attached hydrogen (secondary N) is 1. The van der Waals surface area contributed by atoms with E-state index in [0.29, 0.717) is 0 Å². The van der Waals surface area contributed by atoms with E-state index in [2.05, 4.69) is 10.2 Å². The van der Waals surface area contributed by atoms with Crippen LogP contribution in [0.2, 0.25) is 0 Å². The average molecular weight is 358 g/mol. The Bertz CT molecular complexity index is 630. The number of nitrogens with zero attached hydrogens (tertiary/aromatic N) is 1. The van der Waals surface area contributed by atoms with Crippen LogP contribution in [-0.2, 0) is 15.0 Å². The van der Waals surface area contributed by atoms with Crippen molar-refractivity contribution in [3.63, 3.8) is 0 Å². The lowest BCUT2D eigenvalue weighted by atomic mass is 9.63. The van der Waals surface area contributed by atoms with Crippen LogP contribution in [0.15, 0.2) is 30.3 Å². The maximum absolute atomic E-state index is 13.1. The van der Waals surface area contributed by atoms with Gasteiger partial charge in [0.05, 0.1) is 6.54 Å². The van der Waals surface area contributed by atoms with E-state index in [-0.39, 0.29) is 30.4 Å². The highest BCUT2D eigenvalue weighted by Gasteiger charge is 2.54. The van der Waals surface area contributed by atoms with Crippen molar-refractivity contribution in [2.24, 2.45) is 11.5 Å². The van der Waals surface area contributed by atoms with Crippen LogP contribution < -0.4 is 16.8 Å². The Labute approximate surface area is 155 Å². The van der Waals surface area contributed by atoms with Crippen LogP contribution in [-0.4, -0.2) is 48.4 Å². The van der Waals surface area contributed by atoms with Crippen LogP contribution in [0, 0.1) is 0 Å². The summed E-state index contributed by atoms with van der Waals surface area (Å²) < 4.78 is 0. The van der Waals surface area contributed by atoms with Crippen LogP contribution in [0.25, 0.3) is 0 Å². The Balaban J connectivity index is 2.11. The summed E-state index contributed by atoms with van der Waals surface area (Å²) >= 11 is 0. The van der Waals surface area contributed by atoms with Crippen molar-refractivity contribution < 1.29 is 9.59 Å². The summed E-state index contributed by atoms with van der Waals surface area (Å²) in [5, 5.41) is 3.57. The summed E-state index contributed by atoms with van der Waals surface area (Å²) in [7, 11) is 0. The number of nitrogens with two attached hydrogens (primary N) is 2. The van der Waals surface area contributed by atoms with Gasteiger partial charge in [0.25, 0.3) is 0 Å². The van der Waals surface area contributed by atoms with Gasteiger partial charge in [0.2, 0.25) is 11.8 Å². The number of piperidine rings is 2. The molecule has 2 aliphatic heterocycles. The van der Waals surface area contributed by atoms with Crippen molar-refractivity contribution in [1.82, 2.24) is 10.2 Å². The molecule has 5 N–H and O–H groups in total. The van der Waals surface area contributed by atoms with Gasteiger partial charge in [-0.1, -0.05) is 43.2 Å². The quantitative estimate of drug-likeness (QED) is 0.703. The number of carbonyl (C=O) groups excluding carboxylic acids is 2. The topological polar surface area (TPSA) is 101 Å². The van der Waals surface area contributed by atoms with Crippen molar-refractivity contribution >= 4 is 11.8 Å². The first-order valence-electron chi connectivity index (χ1n) is 9.68. The highest BCUT2D eigenvalue weighted by molar-refractivity contribution is 5.89. The monoisotopic (exact) mass is 358 g/mol. The molecule has 2 heterocycles. The lowest BCUT2D eigenvalue weighted by molar-refractivity contribution is -0.131. The molecule has 26 heavy (non-hydrogen) atoms. The van der Waals surface area contributed by atoms with Gasteiger partial charge in [0.1, 0.15) is 5.41 Å². The first-order valence-corrected chi connectivity index (χ1v) is 9.68. The number of carbonyl (C=O) groups is 2. The lowest BCUT2D eigenvalue weighted by Crippen LogP contribution is -2.68. The van der Waals surface area contributed by atoms with Gasteiger partial charge in [-0.15, -0.1) is 0 Å². The van der Waals surface area contributed by atoms with Gasteiger partial charge in [-0.25, -0.2) is 0 Å².